The van der Waals surface area contributed by atoms with E-state index in [2.05, 4.69) is 21.9 Å². The van der Waals surface area contributed by atoms with Gasteiger partial charge >= 0.3 is 0 Å². The van der Waals surface area contributed by atoms with Crippen LogP contribution in [0.4, 0.5) is 0 Å². The summed E-state index contributed by atoms with van der Waals surface area (Å²) in [6.07, 6.45) is 2.90. The highest BCUT2D eigenvalue weighted by atomic mass is 32.2. The van der Waals surface area contributed by atoms with Crippen LogP contribution in [0.15, 0.2) is 60.5 Å². The average Bonchev–Trinajstić information content (AvgIpc) is 2.99. The summed E-state index contributed by atoms with van der Waals surface area (Å²) in [6, 6.07) is 12.9. The van der Waals surface area contributed by atoms with E-state index < -0.39 is 33.9 Å². The lowest BCUT2D eigenvalue weighted by atomic mass is 9.94. The molecule has 1 unspecified atom stereocenters. The summed E-state index contributed by atoms with van der Waals surface area (Å²) >= 11 is 0. The Labute approximate surface area is 247 Å². The standard InChI is InChI=1S/C31H40N4O6S/c1-3-42(39,40)34-28-19-29(36)35-16-7-10-24(21-35)15-17-41-26-13-11-22(2)25(18-26)20-32-30(37)27(33-31(28)38)14-12-23-8-5-4-6-9-23/h3-6,8-9,11,13,18,24,27-28,34H,1,7,10,12,14-17,19-21H2,2H3,(H,32,37)(H,33,38)/t24?,27-,28-/m0/s1. The molecule has 0 saturated carbocycles. The van der Waals surface area contributed by atoms with Gasteiger partial charge in [0.15, 0.2) is 0 Å². The van der Waals surface area contributed by atoms with Crippen molar-refractivity contribution in [3.8, 4) is 5.75 Å². The number of nitrogens with one attached hydrogen (secondary N) is 3. The van der Waals surface area contributed by atoms with Crippen LogP contribution in [0.25, 0.3) is 0 Å². The van der Waals surface area contributed by atoms with Crippen LogP contribution in [-0.2, 0) is 37.4 Å². The number of carbonyl (C=O) groups is 3. The fourth-order valence-corrected chi connectivity index (χ4v) is 6.02. The Hall–Kier alpha value is -3.70. The van der Waals surface area contributed by atoms with Gasteiger partial charge < -0.3 is 20.3 Å². The van der Waals surface area contributed by atoms with Crippen LogP contribution in [0.1, 0.15) is 48.8 Å². The van der Waals surface area contributed by atoms with Gasteiger partial charge in [-0.05, 0) is 73.8 Å². The van der Waals surface area contributed by atoms with Gasteiger partial charge in [-0.25, -0.2) is 8.42 Å². The molecule has 11 heteroatoms. The summed E-state index contributed by atoms with van der Waals surface area (Å²) in [5.41, 5.74) is 2.86. The molecule has 2 heterocycles. The van der Waals surface area contributed by atoms with Crippen molar-refractivity contribution in [3.63, 3.8) is 0 Å². The zero-order chi connectivity index (χ0) is 30.1. The van der Waals surface area contributed by atoms with Gasteiger partial charge in [-0.15, -0.1) is 0 Å². The Bertz CT molecular complexity index is 1380. The van der Waals surface area contributed by atoms with Crippen LogP contribution in [0.5, 0.6) is 5.75 Å². The lowest BCUT2D eigenvalue weighted by Gasteiger charge is -2.34. The normalized spacial score (nSPS) is 22.6. The highest BCUT2D eigenvalue weighted by Crippen LogP contribution is 2.23. The molecule has 1 fully saturated rings. The minimum Gasteiger partial charge on any atom is -0.494 e. The molecule has 3 amide bonds. The first kappa shape index (κ1) is 31.2. The molecule has 2 aromatic rings. The molecule has 0 aliphatic carbocycles. The van der Waals surface area contributed by atoms with Crippen molar-refractivity contribution in [2.24, 2.45) is 5.92 Å². The summed E-state index contributed by atoms with van der Waals surface area (Å²) < 4.78 is 33.1. The first-order valence-electron chi connectivity index (χ1n) is 14.4. The fraction of sp³-hybridized carbons (Fsp3) is 0.452. The van der Waals surface area contributed by atoms with E-state index in [4.69, 9.17) is 4.74 Å². The second kappa shape index (κ2) is 14.5. The van der Waals surface area contributed by atoms with Crippen LogP contribution >= 0.6 is 0 Å². The van der Waals surface area contributed by atoms with E-state index in [1.165, 1.54) is 0 Å². The minimum absolute atomic E-state index is 0.224. The second-order valence-electron chi connectivity index (χ2n) is 11.0. The predicted octanol–water partition coefficient (Wildman–Crippen LogP) is 2.57. The van der Waals surface area contributed by atoms with Crippen molar-refractivity contribution in [2.75, 3.05) is 19.7 Å². The summed E-state index contributed by atoms with van der Waals surface area (Å²) in [5.74, 6) is -0.557. The SMILES string of the molecule is C=CS(=O)(=O)N[C@H]1CC(=O)N2CCCC(CCOc3ccc(C)c(c3)CNC(=O)[C@H](CCc3ccccc3)NC1=O)C2. The van der Waals surface area contributed by atoms with Gasteiger partial charge in [0.1, 0.15) is 17.8 Å². The van der Waals surface area contributed by atoms with Gasteiger partial charge in [-0.2, -0.15) is 4.72 Å². The Morgan fingerprint density at radius 3 is 2.64 bits per heavy atom. The monoisotopic (exact) mass is 596 g/mol. The van der Waals surface area contributed by atoms with Crippen molar-refractivity contribution < 1.29 is 27.5 Å². The predicted molar refractivity (Wildman–Crippen MR) is 160 cm³/mol. The number of carbonyl (C=O) groups excluding carboxylic acids is 3. The van der Waals surface area contributed by atoms with E-state index in [1.807, 2.05) is 55.5 Å². The number of benzene rings is 2. The number of hydrogen-bond acceptors (Lipinski definition) is 6. The molecule has 3 N–H and O–H groups in total. The second-order valence-corrected chi connectivity index (χ2v) is 12.6. The van der Waals surface area contributed by atoms with E-state index in [0.29, 0.717) is 37.3 Å². The first-order chi connectivity index (χ1) is 20.1. The third-order valence-corrected chi connectivity index (χ3v) is 8.91. The molecule has 1 saturated heterocycles. The van der Waals surface area contributed by atoms with Crippen LogP contribution in [0.2, 0.25) is 0 Å². The molecule has 2 aliphatic rings. The van der Waals surface area contributed by atoms with Gasteiger partial charge in [-0.3, -0.25) is 14.4 Å². The Kier molecular flexibility index (Phi) is 10.8. The largest absolute Gasteiger partial charge is 0.494 e. The Morgan fingerprint density at radius 2 is 1.88 bits per heavy atom. The molecule has 42 heavy (non-hydrogen) atoms. The number of rotatable bonds is 6. The van der Waals surface area contributed by atoms with Crippen LogP contribution in [0, 0.1) is 12.8 Å². The van der Waals surface area contributed by atoms with Crippen molar-refractivity contribution >= 4 is 27.7 Å². The number of nitrogens with zero attached hydrogens (tertiary/aromatic N) is 1. The molecular weight excluding hydrogens is 556 g/mol. The number of sulfonamides is 1. The van der Waals surface area contributed by atoms with Crippen molar-refractivity contribution in [2.45, 2.75) is 64.1 Å². The summed E-state index contributed by atoms with van der Waals surface area (Å²) in [6.45, 7) is 7.00. The third-order valence-electron chi connectivity index (χ3n) is 7.86. The Morgan fingerprint density at radius 1 is 1.10 bits per heavy atom. The van der Waals surface area contributed by atoms with Gasteiger partial charge in [0.25, 0.3) is 0 Å². The topological polar surface area (TPSA) is 134 Å². The number of aryl methyl sites for hydroxylation is 2. The number of fused-ring (bicyclic) bond motifs is 4. The van der Waals surface area contributed by atoms with E-state index in [0.717, 1.165) is 36.0 Å². The number of piperidine rings is 1. The molecule has 3 atom stereocenters. The summed E-state index contributed by atoms with van der Waals surface area (Å²) in [5, 5.41) is 6.34. The molecule has 10 nitrogen and oxygen atoms in total. The van der Waals surface area contributed by atoms with E-state index in [-0.39, 0.29) is 31.2 Å². The number of hydrogen-bond donors (Lipinski definition) is 3. The maximum absolute atomic E-state index is 13.5. The molecular formula is C31H40N4O6S. The van der Waals surface area contributed by atoms with E-state index in [1.54, 1.807) is 4.90 Å². The molecule has 2 aromatic carbocycles. The molecule has 0 aromatic heterocycles. The smallest absolute Gasteiger partial charge is 0.242 e. The van der Waals surface area contributed by atoms with Crippen molar-refractivity contribution in [3.05, 3.63) is 77.2 Å². The molecule has 4 bridgehead atoms. The van der Waals surface area contributed by atoms with Crippen molar-refractivity contribution in [1.29, 1.82) is 0 Å². The minimum atomic E-state index is -4.05. The van der Waals surface area contributed by atoms with Crippen LogP contribution in [0.3, 0.4) is 0 Å². The first-order valence-corrected chi connectivity index (χ1v) is 15.9. The molecule has 2 aliphatic heterocycles. The molecule has 226 valence electrons. The third kappa shape index (κ3) is 8.90. The lowest BCUT2D eigenvalue weighted by molar-refractivity contribution is -0.136. The zero-order valence-corrected chi connectivity index (χ0v) is 24.8. The quantitative estimate of drug-likeness (QED) is 0.470. The molecule has 4 rings (SSSR count). The van der Waals surface area contributed by atoms with Crippen LogP contribution in [-0.4, -0.2) is 62.8 Å². The maximum Gasteiger partial charge on any atom is 0.242 e. The highest BCUT2D eigenvalue weighted by molar-refractivity contribution is 7.92. The van der Waals surface area contributed by atoms with Gasteiger partial charge in [-0.1, -0.05) is 43.0 Å². The van der Waals surface area contributed by atoms with E-state index >= 15 is 0 Å². The molecule has 0 spiro atoms. The van der Waals surface area contributed by atoms with Gasteiger partial charge in [0.2, 0.25) is 27.7 Å². The lowest BCUT2D eigenvalue weighted by Crippen LogP contribution is -2.55. The summed E-state index contributed by atoms with van der Waals surface area (Å²) in [4.78, 5) is 42.0. The summed E-state index contributed by atoms with van der Waals surface area (Å²) in [7, 11) is -4.05. The van der Waals surface area contributed by atoms with Crippen LogP contribution < -0.4 is 20.1 Å². The van der Waals surface area contributed by atoms with Crippen molar-refractivity contribution in [1.82, 2.24) is 20.3 Å². The average molecular weight is 597 g/mol. The zero-order valence-electron chi connectivity index (χ0n) is 24.0. The Balaban J connectivity index is 1.62. The number of amides is 3. The van der Waals surface area contributed by atoms with Gasteiger partial charge in [0, 0.05) is 25.0 Å². The number of ether oxygens (including phenoxy) is 1. The van der Waals surface area contributed by atoms with E-state index in [9.17, 15) is 22.8 Å². The highest BCUT2D eigenvalue weighted by Gasteiger charge is 2.32. The maximum atomic E-state index is 13.5. The van der Waals surface area contributed by atoms with Gasteiger partial charge in [0.05, 0.1) is 13.0 Å². The fourth-order valence-electron chi connectivity index (χ4n) is 5.34. The molecule has 0 radical (unpaired) electrons.